The van der Waals surface area contributed by atoms with Gasteiger partial charge in [0.1, 0.15) is 6.04 Å². The Balaban J connectivity index is 4.60. The summed E-state index contributed by atoms with van der Waals surface area (Å²) in [5.74, 6) is -1.57. The van der Waals surface area contributed by atoms with Gasteiger partial charge < -0.3 is 15.3 Å². The van der Waals surface area contributed by atoms with Gasteiger partial charge in [-0.05, 0) is 20.8 Å². The van der Waals surface area contributed by atoms with Crippen LogP contribution in [0.2, 0.25) is 0 Å². The molecule has 4 N–H and O–H groups in total. The Morgan fingerprint density at radius 1 is 1.40 bits per heavy atom. The normalized spacial score (nSPS) is 18.3. The quantitative estimate of drug-likeness (QED) is 0.515. The number of rotatable bonds is 5. The number of carboxylic acid groups (broad SMARTS) is 1. The predicted octanol–water partition coefficient (Wildman–Crippen LogP) is -0.183. The van der Waals surface area contributed by atoms with Crippen LogP contribution in [0.15, 0.2) is 0 Å². The predicted molar refractivity (Wildman–Crippen MR) is 56.6 cm³/mol. The van der Waals surface area contributed by atoms with Crippen LogP contribution in [0.1, 0.15) is 27.7 Å². The number of carboxylic acids is 1. The van der Waals surface area contributed by atoms with Crippen LogP contribution in [0.3, 0.4) is 0 Å². The number of hydrogen-bond acceptors (Lipinski definition) is 4. The van der Waals surface area contributed by atoms with Crippen molar-refractivity contribution in [2.24, 2.45) is 5.92 Å². The molecule has 0 aliphatic rings. The van der Waals surface area contributed by atoms with Crippen LogP contribution >= 0.6 is 0 Å². The van der Waals surface area contributed by atoms with Gasteiger partial charge in [0.25, 0.3) is 0 Å². The maximum atomic E-state index is 11.0. The molecule has 0 saturated heterocycles. The van der Waals surface area contributed by atoms with E-state index in [1.165, 1.54) is 0 Å². The molecule has 0 rings (SSSR count). The van der Waals surface area contributed by atoms with Crippen molar-refractivity contribution in [3.63, 3.8) is 0 Å². The SMILES string of the molecule is C[C@@H](C(O)CO)[C@H](NC(C)(C)C)C(=O)O. The molecule has 0 aliphatic heterocycles. The van der Waals surface area contributed by atoms with Crippen molar-refractivity contribution < 1.29 is 20.1 Å². The topological polar surface area (TPSA) is 89.8 Å². The summed E-state index contributed by atoms with van der Waals surface area (Å²) in [4.78, 5) is 11.0. The fraction of sp³-hybridized carbons (Fsp3) is 0.900. The van der Waals surface area contributed by atoms with Crippen molar-refractivity contribution in [3.05, 3.63) is 0 Å². The zero-order chi connectivity index (χ0) is 12.2. The summed E-state index contributed by atoms with van der Waals surface area (Å²) in [6.07, 6.45) is -1.03. The third-order valence-corrected chi connectivity index (χ3v) is 2.17. The van der Waals surface area contributed by atoms with Crippen molar-refractivity contribution in [1.29, 1.82) is 0 Å². The second-order valence-corrected chi connectivity index (χ2v) is 4.82. The summed E-state index contributed by atoms with van der Waals surface area (Å²) in [6.45, 7) is 6.71. The molecule has 3 atom stereocenters. The number of nitrogens with one attached hydrogen (secondary N) is 1. The van der Waals surface area contributed by atoms with Gasteiger partial charge >= 0.3 is 5.97 Å². The van der Waals surface area contributed by atoms with Gasteiger partial charge in [-0.3, -0.25) is 10.1 Å². The molecule has 0 amide bonds. The van der Waals surface area contributed by atoms with E-state index in [4.69, 9.17) is 10.2 Å². The van der Waals surface area contributed by atoms with E-state index in [2.05, 4.69) is 5.32 Å². The molecule has 0 aromatic rings. The molecule has 0 saturated carbocycles. The number of hydrogen-bond donors (Lipinski definition) is 4. The molecule has 0 fully saturated rings. The van der Waals surface area contributed by atoms with Crippen LogP contribution in [0.25, 0.3) is 0 Å². The van der Waals surface area contributed by atoms with E-state index in [0.29, 0.717) is 0 Å². The largest absolute Gasteiger partial charge is 0.480 e. The van der Waals surface area contributed by atoms with Crippen molar-refractivity contribution in [2.45, 2.75) is 45.4 Å². The van der Waals surface area contributed by atoms with Gasteiger partial charge in [0.2, 0.25) is 0 Å². The van der Waals surface area contributed by atoms with Crippen LogP contribution in [0, 0.1) is 5.92 Å². The van der Waals surface area contributed by atoms with Gasteiger partial charge in [-0.15, -0.1) is 0 Å². The number of aliphatic hydroxyl groups is 2. The van der Waals surface area contributed by atoms with Crippen molar-refractivity contribution >= 4 is 5.97 Å². The molecule has 0 radical (unpaired) electrons. The van der Waals surface area contributed by atoms with Gasteiger partial charge in [0.05, 0.1) is 12.7 Å². The van der Waals surface area contributed by atoms with E-state index < -0.39 is 30.6 Å². The minimum Gasteiger partial charge on any atom is -0.480 e. The van der Waals surface area contributed by atoms with Gasteiger partial charge in [0, 0.05) is 11.5 Å². The summed E-state index contributed by atoms with van der Waals surface area (Å²) in [5.41, 5.74) is -0.355. The number of carbonyl (C=O) groups is 1. The fourth-order valence-electron chi connectivity index (χ4n) is 1.27. The molecule has 0 bridgehead atoms. The minimum absolute atomic E-state index is 0.355. The van der Waals surface area contributed by atoms with E-state index in [-0.39, 0.29) is 5.54 Å². The highest BCUT2D eigenvalue weighted by atomic mass is 16.4. The Morgan fingerprint density at radius 3 is 2.13 bits per heavy atom. The highest BCUT2D eigenvalue weighted by Gasteiger charge is 2.32. The first-order chi connectivity index (χ1) is 6.69. The lowest BCUT2D eigenvalue weighted by Gasteiger charge is -2.31. The van der Waals surface area contributed by atoms with Crippen LogP contribution < -0.4 is 5.32 Å². The molecule has 90 valence electrons. The van der Waals surface area contributed by atoms with Crippen LogP contribution in [0.4, 0.5) is 0 Å². The van der Waals surface area contributed by atoms with E-state index in [0.717, 1.165) is 0 Å². The fourth-order valence-corrected chi connectivity index (χ4v) is 1.27. The van der Waals surface area contributed by atoms with Crippen LogP contribution in [-0.2, 0) is 4.79 Å². The van der Waals surface area contributed by atoms with E-state index in [1.807, 2.05) is 20.8 Å². The highest BCUT2D eigenvalue weighted by molar-refractivity contribution is 5.74. The molecule has 0 spiro atoms. The Labute approximate surface area is 90.1 Å². The molecule has 15 heavy (non-hydrogen) atoms. The van der Waals surface area contributed by atoms with Crippen molar-refractivity contribution in [3.8, 4) is 0 Å². The molecule has 5 nitrogen and oxygen atoms in total. The molecule has 0 aromatic heterocycles. The van der Waals surface area contributed by atoms with Crippen molar-refractivity contribution in [1.82, 2.24) is 5.32 Å². The summed E-state index contributed by atoms with van der Waals surface area (Å²) in [7, 11) is 0. The number of aliphatic hydroxyl groups excluding tert-OH is 2. The van der Waals surface area contributed by atoms with Gasteiger partial charge in [0.15, 0.2) is 0 Å². The first-order valence-corrected chi connectivity index (χ1v) is 4.98. The highest BCUT2D eigenvalue weighted by Crippen LogP contribution is 2.13. The average molecular weight is 219 g/mol. The molecule has 1 unspecified atom stereocenters. The molecular weight excluding hydrogens is 198 g/mol. The summed E-state index contributed by atoms with van der Waals surface area (Å²) < 4.78 is 0. The second kappa shape index (κ2) is 5.44. The molecule has 0 aliphatic carbocycles. The number of aliphatic carboxylic acids is 1. The Kier molecular flexibility index (Phi) is 5.20. The van der Waals surface area contributed by atoms with Crippen LogP contribution in [-0.4, -0.2) is 45.6 Å². The van der Waals surface area contributed by atoms with Gasteiger partial charge in [-0.25, -0.2) is 0 Å². The first-order valence-electron chi connectivity index (χ1n) is 4.98. The average Bonchev–Trinajstić information content (AvgIpc) is 2.10. The van der Waals surface area contributed by atoms with E-state index in [9.17, 15) is 9.90 Å². The third-order valence-electron chi connectivity index (χ3n) is 2.17. The summed E-state index contributed by atoms with van der Waals surface area (Å²) in [5, 5.41) is 30.0. The Morgan fingerprint density at radius 2 is 1.87 bits per heavy atom. The summed E-state index contributed by atoms with van der Waals surface area (Å²) >= 11 is 0. The maximum absolute atomic E-state index is 11.0. The Hall–Kier alpha value is -0.650. The standard InChI is InChI=1S/C10H21NO4/c1-6(7(13)5-12)8(9(14)15)11-10(2,3)4/h6-8,11-13H,5H2,1-4H3,(H,14,15)/t6-,7?,8-/m0/s1. The van der Waals surface area contributed by atoms with E-state index in [1.54, 1.807) is 6.92 Å². The van der Waals surface area contributed by atoms with Gasteiger partial charge in [-0.1, -0.05) is 6.92 Å². The minimum atomic E-state index is -1.03. The zero-order valence-corrected chi connectivity index (χ0v) is 9.69. The van der Waals surface area contributed by atoms with Crippen molar-refractivity contribution in [2.75, 3.05) is 6.61 Å². The lowest BCUT2D eigenvalue weighted by atomic mass is 9.93. The maximum Gasteiger partial charge on any atom is 0.321 e. The van der Waals surface area contributed by atoms with Crippen LogP contribution in [0.5, 0.6) is 0 Å². The zero-order valence-electron chi connectivity index (χ0n) is 9.69. The Bertz CT molecular complexity index is 212. The lowest BCUT2D eigenvalue weighted by Crippen LogP contribution is -2.53. The molecular formula is C10H21NO4. The molecule has 5 heteroatoms. The van der Waals surface area contributed by atoms with Gasteiger partial charge in [-0.2, -0.15) is 0 Å². The smallest absolute Gasteiger partial charge is 0.321 e. The molecule has 0 aromatic carbocycles. The third kappa shape index (κ3) is 5.11. The second-order valence-electron chi connectivity index (χ2n) is 4.82. The lowest BCUT2D eigenvalue weighted by molar-refractivity contribution is -0.143. The summed E-state index contributed by atoms with van der Waals surface area (Å²) in [6, 6.07) is -0.868. The van der Waals surface area contributed by atoms with E-state index >= 15 is 0 Å². The molecule has 0 heterocycles. The first kappa shape index (κ1) is 14.3. The monoisotopic (exact) mass is 219 g/mol.